The van der Waals surface area contributed by atoms with E-state index in [4.69, 9.17) is 0 Å². The summed E-state index contributed by atoms with van der Waals surface area (Å²) >= 11 is 0. The first kappa shape index (κ1) is 14.9. The van der Waals surface area contributed by atoms with Gasteiger partial charge in [0.15, 0.2) is 0 Å². The Morgan fingerprint density at radius 2 is 2.05 bits per heavy atom. The number of nitrogens with one attached hydrogen (secondary N) is 2. The molecule has 1 fully saturated rings. The molecule has 110 valence electrons. The number of hydrogen-bond donors (Lipinski definition) is 2. The second kappa shape index (κ2) is 7.29. The standard InChI is InChI=1S/C16H25N3O/c1-3-17-15-7-6-13(2)12-14(15)16(20)18-8-11-19-9-4-5-10-19/h6-7,12,17H,3-5,8-11H2,1-2H3,(H,18,20). The van der Waals surface area contributed by atoms with Crippen LogP contribution in [-0.4, -0.2) is 43.5 Å². The van der Waals surface area contributed by atoms with Gasteiger partial charge in [0.2, 0.25) is 0 Å². The molecule has 20 heavy (non-hydrogen) atoms. The highest BCUT2D eigenvalue weighted by Crippen LogP contribution is 2.17. The van der Waals surface area contributed by atoms with Crippen LogP contribution in [0.25, 0.3) is 0 Å². The third-order valence-corrected chi connectivity index (χ3v) is 3.70. The minimum absolute atomic E-state index is 0.0175. The van der Waals surface area contributed by atoms with Crippen LogP contribution in [0.5, 0.6) is 0 Å². The maximum absolute atomic E-state index is 12.3. The number of aryl methyl sites for hydroxylation is 1. The third-order valence-electron chi connectivity index (χ3n) is 3.70. The van der Waals surface area contributed by atoms with Crippen LogP contribution in [0, 0.1) is 6.92 Å². The fourth-order valence-electron chi connectivity index (χ4n) is 2.62. The number of amides is 1. The highest BCUT2D eigenvalue weighted by atomic mass is 16.1. The van der Waals surface area contributed by atoms with Gasteiger partial charge in [0.05, 0.1) is 5.56 Å². The van der Waals surface area contributed by atoms with Gasteiger partial charge in [-0.05, 0) is 51.9 Å². The molecule has 2 N–H and O–H groups in total. The van der Waals surface area contributed by atoms with Crippen LogP contribution in [0.15, 0.2) is 18.2 Å². The zero-order valence-electron chi connectivity index (χ0n) is 12.5. The topological polar surface area (TPSA) is 44.4 Å². The molecule has 0 atom stereocenters. The van der Waals surface area contributed by atoms with Crippen molar-refractivity contribution in [3.8, 4) is 0 Å². The van der Waals surface area contributed by atoms with Crippen molar-refractivity contribution in [1.82, 2.24) is 10.2 Å². The van der Waals surface area contributed by atoms with Gasteiger partial charge in [0.25, 0.3) is 5.91 Å². The number of anilines is 1. The fraction of sp³-hybridized carbons (Fsp3) is 0.562. The number of likely N-dealkylation sites (tertiary alicyclic amines) is 1. The zero-order chi connectivity index (χ0) is 14.4. The van der Waals surface area contributed by atoms with Gasteiger partial charge in [0.1, 0.15) is 0 Å². The first-order chi connectivity index (χ1) is 9.70. The van der Waals surface area contributed by atoms with Crippen molar-refractivity contribution in [1.29, 1.82) is 0 Å². The lowest BCUT2D eigenvalue weighted by Crippen LogP contribution is -2.33. The molecule has 0 radical (unpaired) electrons. The van der Waals surface area contributed by atoms with Crippen molar-refractivity contribution in [3.63, 3.8) is 0 Å². The van der Waals surface area contributed by atoms with Crippen LogP contribution in [0.4, 0.5) is 5.69 Å². The summed E-state index contributed by atoms with van der Waals surface area (Å²) in [6.45, 7) is 8.88. The highest BCUT2D eigenvalue weighted by Gasteiger charge is 2.13. The van der Waals surface area contributed by atoms with E-state index in [1.54, 1.807) is 0 Å². The van der Waals surface area contributed by atoms with E-state index in [2.05, 4.69) is 15.5 Å². The van der Waals surface area contributed by atoms with E-state index in [1.165, 1.54) is 25.9 Å². The van der Waals surface area contributed by atoms with Crippen molar-refractivity contribution in [2.75, 3.05) is 38.0 Å². The first-order valence-electron chi connectivity index (χ1n) is 7.56. The second-order valence-electron chi connectivity index (χ2n) is 5.38. The lowest BCUT2D eigenvalue weighted by molar-refractivity contribution is 0.0950. The fourth-order valence-corrected chi connectivity index (χ4v) is 2.62. The predicted octanol–water partition coefficient (Wildman–Crippen LogP) is 2.25. The van der Waals surface area contributed by atoms with E-state index >= 15 is 0 Å². The second-order valence-corrected chi connectivity index (χ2v) is 5.38. The Labute approximate surface area is 121 Å². The zero-order valence-corrected chi connectivity index (χ0v) is 12.5. The smallest absolute Gasteiger partial charge is 0.253 e. The average molecular weight is 275 g/mol. The summed E-state index contributed by atoms with van der Waals surface area (Å²) in [5.41, 5.74) is 2.77. The molecule has 0 saturated carbocycles. The SMILES string of the molecule is CCNc1ccc(C)cc1C(=O)NCCN1CCCC1. The lowest BCUT2D eigenvalue weighted by atomic mass is 10.1. The van der Waals surface area contributed by atoms with E-state index in [0.29, 0.717) is 0 Å². The third kappa shape index (κ3) is 3.97. The first-order valence-corrected chi connectivity index (χ1v) is 7.56. The molecule has 0 spiro atoms. The van der Waals surface area contributed by atoms with Crippen LogP contribution in [0.3, 0.4) is 0 Å². The summed E-state index contributed by atoms with van der Waals surface area (Å²) in [7, 11) is 0. The Bertz CT molecular complexity index is 453. The van der Waals surface area contributed by atoms with Gasteiger partial charge in [-0.25, -0.2) is 0 Å². The van der Waals surface area contributed by atoms with Crippen LogP contribution in [-0.2, 0) is 0 Å². The van der Waals surface area contributed by atoms with Gasteiger partial charge in [-0.15, -0.1) is 0 Å². The molecule has 1 aromatic rings. The molecular weight excluding hydrogens is 250 g/mol. The quantitative estimate of drug-likeness (QED) is 0.837. The van der Waals surface area contributed by atoms with Crippen molar-refractivity contribution in [3.05, 3.63) is 29.3 Å². The van der Waals surface area contributed by atoms with Gasteiger partial charge in [-0.1, -0.05) is 11.6 Å². The number of carbonyl (C=O) groups is 1. The molecule has 0 aromatic heterocycles. The minimum atomic E-state index is 0.0175. The molecule has 4 nitrogen and oxygen atoms in total. The number of carbonyl (C=O) groups excluding carboxylic acids is 1. The number of benzene rings is 1. The summed E-state index contributed by atoms with van der Waals surface area (Å²) in [5, 5.41) is 6.28. The molecule has 1 heterocycles. The lowest BCUT2D eigenvalue weighted by Gasteiger charge is -2.16. The molecule has 1 aliphatic heterocycles. The highest BCUT2D eigenvalue weighted by molar-refractivity contribution is 5.99. The van der Waals surface area contributed by atoms with Crippen LogP contribution >= 0.6 is 0 Å². The number of hydrogen-bond acceptors (Lipinski definition) is 3. The minimum Gasteiger partial charge on any atom is -0.385 e. The normalized spacial score (nSPS) is 15.3. The average Bonchev–Trinajstić information content (AvgIpc) is 2.94. The van der Waals surface area contributed by atoms with Gasteiger partial charge in [0, 0.05) is 25.3 Å². The van der Waals surface area contributed by atoms with E-state index in [0.717, 1.165) is 36.4 Å². The van der Waals surface area contributed by atoms with Gasteiger partial charge in [-0.2, -0.15) is 0 Å². The molecule has 0 aliphatic carbocycles. The Morgan fingerprint density at radius 1 is 1.30 bits per heavy atom. The summed E-state index contributed by atoms with van der Waals surface area (Å²) in [5.74, 6) is 0.0175. The van der Waals surface area contributed by atoms with Crippen LogP contribution < -0.4 is 10.6 Å². The van der Waals surface area contributed by atoms with E-state index in [1.807, 2.05) is 32.0 Å². The molecule has 1 saturated heterocycles. The van der Waals surface area contributed by atoms with Crippen molar-refractivity contribution in [2.45, 2.75) is 26.7 Å². The maximum atomic E-state index is 12.3. The molecule has 0 unspecified atom stereocenters. The Hall–Kier alpha value is -1.55. The molecule has 2 rings (SSSR count). The Balaban J connectivity index is 1.91. The molecule has 1 aromatic carbocycles. The molecule has 1 amide bonds. The maximum Gasteiger partial charge on any atom is 0.253 e. The van der Waals surface area contributed by atoms with Crippen molar-refractivity contribution >= 4 is 11.6 Å². The Morgan fingerprint density at radius 3 is 2.75 bits per heavy atom. The van der Waals surface area contributed by atoms with Gasteiger partial charge >= 0.3 is 0 Å². The van der Waals surface area contributed by atoms with Crippen molar-refractivity contribution < 1.29 is 4.79 Å². The van der Waals surface area contributed by atoms with Crippen molar-refractivity contribution in [2.24, 2.45) is 0 Å². The Kier molecular flexibility index (Phi) is 5.41. The molecular formula is C16H25N3O. The number of nitrogens with zero attached hydrogens (tertiary/aromatic N) is 1. The predicted molar refractivity (Wildman–Crippen MR) is 83.3 cm³/mol. The van der Waals surface area contributed by atoms with E-state index in [9.17, 15) is 4.79 Å². The van der Waals surface area contributed by atoms with Gasteiger partial charge in [-0.3, -0.25) is 4.79 Å². The molecule has 0 bridgehead atoms. The molecule has 4 heteroatoms. The van der Waals surface area contributed by atoms with Crippen LogP contribution in [0.2, 0.25) is 0 Å². The monoisotopic (exact) mass is 275 g/mol. The summed E-state index contributed by atoms with van der Waals surface area (Å²) in [6, 6.07) is 5.95. The van der Waals surface area contributed by atoms with Crippen LogP contribution in [0.1, 0.15) is 35.7 Å². The largest absolute Gasteiger partial charge is 0.385 e. The van der Waals surface area contributed by atoms with Gasteiger partial charge < -0.3 is 15.5 Å². The summed E-state index contributed by atoms with van der Waals surface area (Å²) < 4.78 is 0. The summed E-state index contributed by atoms with van der Waals surface area (Å²) in [6.07, 6.45) is 2.58. The summed E-state index contributed by atoms with van der Waals surface area (Å²) in [4.78, 5) is 14.7. The van der Waals surface area contributed by atoms with E-state index in [-0.39, 0.29) is 5.91 Å². The number of rotatable bonds is 6. The molecule has 1 aliphatic rings. The van der Waals surface area contributed by atoms with E-state index < -0.39 is 0 Å².